The van der Waals surface area contributed by atoms with Gasteiger partial charge in [-0.2, -0.15) is 4.98 Å². The topological polar surface area (TPSA) is 87.5 Å². The molecule has 2 aliphatic rings. The number of ether oxygens (including phenoxy) is 3. The third-order valence-corrected chi connectivity index (χ3v) is 9.70. The molecule has 1 aliphatic heterocycles. The van der Waals surface area contributed by atoms with Crippen LogP contribution in [0.15, 0.2) is 87.6 Å². The van der Waals surface area contributed by atoms with Gasteiger partial charge in [-0.15, -0.1) is 5.10 Å². The molecular weight excluding hydrogens is 664 g/mol. The van der Waals surface area contributed by atoms with Crippen molar-refractivity contribution >= 4 is 39.6 Å². The van der Waals surface area contributed by atoms with E-state index in [0.717, 1.165) is 47.0 Å². The summed E-state index contributed by atoms with van der Waals surface area (Å²) in [5.41, 5.74) is 5.43. The third kappa shape index (κ3) is 7.44. The maximum atomic E-state index is 14.0. The Balaban J connectivity index is 1.36. The number of esters is 1. The molecule has 0 saturated heterocycles. The molecule has 3 aromatic carbocycles. The number of aromatic nitrogens is 3. The number of hydrogen-bond acceptors (Lipinski definition) is 8. The second-order valence-corrected chi connectivity index (χ2v) is 13.5. The van der Waals surface area contributed by atoms with E-state index in [-0.39, 0.29) is 12.1 Å². The summed E-state index contributed by atoms with van der Waals surface area (Å²) in [4.78, 5) is 18.8. The molecule has 1 atom stereocenters. The summed E-state index contributed by atoms with van der Waals surface area (Å²) in [5.74, 6) is 2.14. The van der Waals surface area contributed by atoms with Crippen LogP contribution in [0.3, 0.4) is 0 Å². The highest BCUT2D eigenvalue weighted by Crippen LogP contribution is 2.44. The number of carbonyl (C=O) groups is 1. The molecule has 0 radical (unpaired) electrons. The number of halogens is 1. The molecule has 0 spiro atoms. The van der Waals surface area contributed by atoms with E-state index < -0.39 is 6.04 Å². The van der Waals surface area contributed by atoms with Crippen LogP contribution >= 0.6 is 27.7 Å². The minimum absolute atomic E-state index is 0.0838. The van der Waals surface area contributed by atoms with Crippen LogP contribution < -0.4 is 14.8 Å². The number of carbonyl (C=O) groups excluding carboxylic acids is 1. The van der Waals surface area contributed by atoms with E-state index in [9.17, 15) is 4.79 Å². The van der Waals surface area contributed by atoms with Crippen molar-refractivity contribution in [1.82, 2.24) is 14.8 Å². The number of allylic oxidation sites excluding steroid dienone is 1. The zero-order chi connectivity index (χ0) is 32.0. The molecule has 8 nitrogen and oxygen atoms in total. The highest BCUT2D eigenvalue weighted by atomic mass is 79.9. The van der Waals surface area contributed by atoms with Gasteiger partial charge in [0.15, 0.2) is 11.5 Å². The van der Waals surface area contributed by atoms with Gasteiger partial charge in [-0.05, 0) is 91.2 Å². The Morgan fingerprint density at radius 3 is 2.54 bits per heavy atom. The van der Waals surface area contributed by atoms with Crippen LogP contribution in [-0.4, -0.2) is 33.4 Å². The minimum Gasteiger partial charge on any atom is -0.490 e. The zero-order valence-electron chi connectivity index (χ0n) is 26.4. The lowest BCUT2D eigenvalue weighted by Crippen LogP contribution is -2.32. The summed E-state index contributed by atoms with van der Waals surface area (Å²) in [7, 11) is 0. The van der Waals surface area contributed by atoms with E-state index in [1.54, 1.807) is 16.4 Å². The van der Waals surface area contributed by atoms with Crippen LogP contribution in [0.5, 0.6) is 11.5 Å². The maximum absolute atomic E-state index is 14.0. The lowest BCUT2D eigenvalue weighted by Gasteiger charge is -2.30. The Labute approximate surface area is 283 Å². The Kier molecular flexibility index (Phi) is 10.3. The highest BCUT2D eigenvalue weighted by molar-refractivity contribution is 9.10. The Morgan fingerprint density at radius 1 is 1.00 bits per heavy atom. The Morgan fingerprint density at radius 2 is 1.78 bits per heavy atom. The third-order valence-electron chi connectivity index (χ3n) is 8.20. The van der Waals surface area contributed by atoms with Crippen molar-refractivity contribution in [2.24, 2.45) is 0 Å². The van der Waals surface area contributed by atoms with Gasteiger partial charge in [-0.1, -0.05) is 78.3 Å². The average Bonchev–Trinajstić information content (AvgIpc) is 3.46. The molecule has 1 N–H and O–H groups in total. The first-order chi connectivity index (χ1) is 22.4. The van der Waals surface area contributed by atoms with E-state index in [1.165, 1.54) is 17.5 Å². The van der Waals surface area contributed by atoms with Gasteiger partial charge in [0.25, 0.3) is 0 Å². The smallest absolute Gasteiger partial charge is 0.338 e. The van der Waals surface area contributed by atoms with Gasteiger partial charge in [0.1, 0.15) is 18.8 Å². The Hall–Kier alpha value is -3.76. The predicted molar refractivity (Wildman–Crippen MR) is 184 cm³/mol. The van der Waals surface area contributed by atoms with E-state index in [0.29, 0.717) is 47.1 Å². The SMILES string of the molecule is CCOc1cc(C2C(C(=O)OC3CCCCC3)=C(C)Nc3nc(SCc4ccccc4)nn32)cc(Br)c1OCc1cccc(C)c1. The van der Waals surface area contributed by atoms with Crippen LogP contribution in [0.25, 0.3) is 0 Å². The molecule has 1 unspecified atom stereocenters. The number of benzene rings is 3. The summed E-state index contributed by atoms with van der Waals surface area (Å²) in [6.07, 6.45) is 5.01. The minimum atomic E-state index is -0.591. The number of hydrogen-bond donors (Lipinski definition) is 1. The summed E-state index contributed by atoms with van der Waals surface area (Å²) in [6, 6.07) is 21.8. The molecule has 2 heterocycles. The molecule has 46 heavy (non-hydrogen) atoms. The van der Waals surface area contributed by atoms with Crippen molar-refractivity contribution in [2.45, 2.75) is 82.5 Å². The second kappa shape index (κ2) is 14.8. The normalized spacial score (nSPS) is 16.5. The van der Waals surface area contributed by atoms with Gasteiger partial charge in [0.2, 0.25) is 11.1 Å². The number of fused-ring (bicyclic) bond motifs is 1. The first-order valence-corrected chi connectivity index (χ1v) is 17.6. The fraction of sp³-hybridized carbons (Fsp3) is 0.361. The van der Waals surface area contributed by atoms with Crippen molar-refractivity contribution in [3.63, 3.8) is 0 Å². The molecule has 6 rings (SSSR count). The lowest BCUT2D eigenvalue weighted by molar-refractivity contribution is -0.146. The number of aryl methyl sites for hydroxylation is 1. The second-order valence-electron chi connectivity index (χ2n) is 11.7. The monoisotopic (exact) mass is 702 g/mol. The van der Waals surface area contributed by atoms with Crippen molar-refractivity contribution in [2.75, 3.05) is 11.9 Å². The summed E-state index contributed by atoms with van der Waals surface area (Å²) in [6.45, 7) is 6.74. The first kappa shape index (κ1) is 32.2. The maximum Gasteiger partial charge on any atom is 0.338 e. The van der Waals surface area contributed by atoms with Gasteiger partial charge < -0.3 is 19.5 Å². The number of thioether (sulfide) groups is 1. The zero-order valence-corrected chi connectivity index (χ0v) is 28.8. The van der Waals surface area contributed by atoms with Gasteiger partial charge in [-0.3, -0.25) is 0 Å². The van der Waals surface area contributed by atoms with Gasteiger partial charge in [0.05, 0.1) is 16.7 Å². The van der Waals surface area contributed by atoms with Gasteiger partial charge in [0, 0.05) is 11.4 Å². The number of nitrogens with one attached hydrogen (secondary N) is 1. The van der Waals surface area contributed by atoms with Crippen LogP contribution in [0.4, 0.5) is 5.95 Å². The lowest BCUT2D eigenvalue weighted by atomic mass is 9.94. The molecule has 1 aromatic heterocycles. The molecule has 0 amide bonds. The van der Waals surface area contributed by atoms with Crippen molar-refractivity contribution in [3.05, 3.63) is 105 Å². The number of anilines is 1. The van der Waals surface area contributed by atoms with Crippen LogP contribution in [-0.2, 0) is 21.9 Å². The molecule has 4 aromatic rings. The van der Waals surface area contributed by atoms with E-state index in [1.807, 2.05) is 56.3 Å². The quantitative estimate of drug-likeness (QED) is 0.123. The van der Waals surface area contributed by atoms with Crippen molar-refractivity contribution in [3.8, 4) is 11.5 Å². The predicted octanol–water partition coefficient (Wildman–Crippen LogP) is 8.78. The first-order valence-electron chi connectivity index (χ1n) is 15.9. The van der Waals surface area contributed by atoms with Crippen LogP contribution in [0.2, 0.25) is 0 Å². The summed E-state index contributed by atoms with van der Waals surface area (Å²) < 4.78 is 21.1. The van der Waals surface area contributed by atoms with Crippen molar-refractivity contribution < 1.29 is 19.0 Å². The van der Waals surface area contributed by atoms with Gasteiger partial charge >= 0.3 is 5.97 Å². The molecule has 1 fully saturated rings. The standard InChI is InChI=1S/C36H39BrN4O4S/c1-4-43-30-20-27(19-29(37)33(30)44-21-26-15-11-12-23(2)18-26)32-31(34(42)45-28-16-9-6-10-17-28)24(3)38-35-39-36(40-41(32)35)46-22-25-13-7-5-8-14-25/h5,7-8,11-15,18-20,28,32H,4,6,9-10,16-17,21-22H2,1-3H3,(H,38,39,40). The van der Waals surface area contributed by atoms with Crippen molar-refractivity contribution in [1.29, 1.82) is 0 Å². The summed E-state index contributed by atoms with van der Waals surface area (Å²) >= 11 is 5.32. The molecule has 0 bridgehead atoms. The number of nitrogens with zero attached hydrogens (tertiary/aromatic N) is 3. The molecule has 1 aliphatic carbocycles. The largest absolute Gasteiger partial charge is 0.490 e. The highest BCUT2D eigenvalue weighted by Gasteiger charge is 2.37. The van der Waals surface area contributed by atoms with E-state index >= 15 is 0 Å². The van der Waals surface area contributed by atoms with Crippen LogP contribution in [0.1, 0.15) is 74.2 Å². The summed E-state index contributed by atoms with van der Waals surface area (Å²) in [5, 5.41) is 8.89. The van der Waals surface area contributed by atoms with E-state index in [4.69, 9.17) is 24.3 Å². The molecule has 1 saturated carbocycles. The van der Waals surface area contributed by atoms with E-state index in [2.05, 4.69) is 52.4 Å². The van der Waals surface area contributed by atoms with Crippen LogP contribution in [0, 0.1) is 6.92 Å². The molecular formula is C36H39BrN4O4S. The molecule has 10 heteroatoms. The van der Waals surface area contributed by atoms with Gasteiger partial charge in [-0.25, -0.2) is 9.48 Å². The average molecular weight is 704 g/mol. The fourth-order valence-electron chi connectivity index (χ4n) is 5.99. The number of rotatable bonds is 11. The Bertz CT molecular complexity index is 1720. The fourth-order valence-corrected chi connectivity index (χ4v) is 7.35. The molecule has 240 valence electrons.